The molecule has 0 bridgehead atoms. The number of aromatic nitrogens is 1. The third kappa shape index (κ3) is 3.78. The number of rotatable bonds is 4. The molecule has 1 aromatic heterocycles. The van der Waals surface area contributed by atoms with E-state index < -0.39 is 12.6 Å². The van der Waals surface area contributed by atoms with Gasteiger partial charge in [0.2, 0.25) is 0 Å². The van der Waals surface area contributed by atoms with Gasteiger partial charge in [0.05, 0.1) is 12.3 Å². The number of hydrazone groups is 1. The summed E-state index contributed by atoms with van der Waals surface area (Å²) in [6.07, 6.45) is 2.07. The van der Waals surface area contributed by atoms with Crippen molar-refractivity contribution in [2.75, 3.05) is 13.2 Å². The summed E-state index contributed by atoms with van der Waals surface area (Å²) in [4.78, 5) is 27.8. The number of halogens is 1. The van der Waals surface area contributed by atoms with Gasteiger partial charge in [0.1, 0.15) is 5.69 Å². The van der Waals surface area contributed by atoms with Crippen LogP contribution in [0.15, 0.2) is 53.8 Å². The average Bonchev–Trinajstić information content (AvgIpc) is 3.10. The van der Waals surface area contributed by atoms with Crippen molar-refractivity contribution in [2.45, 2.75) is 6.42 Å². The van der Waals surface area contributed by atoms with E-state index in [1.54, 1.807) is 6.07 Å². The van der Waals surface area contributed by atoms with Crippen LogP contribution < -0.4 is 0 Å². The van der Waals surface area contributed by atoms with E-state index in [1.807, 2.05) is 30.3 Å². The fourth-order valence-electron chi connectivity index (χ4n) is 2.26. The molecule has 7 heteroatoms. The molecule has 6 nitrogen and oxygen atoms in total. The van der Waals surface area contributed by atoms with Crippen molar-refractivity contribution in [1.29, 1.82) is 0 Å². The van der Waals surface area contributed by atoms with E-state index in [4.69, 9.17) is 16.3 Å². The molecule has 0 radical (unpaired) electrons. The van der Waals surface area contributed by atoms with Gasteiger partial charge in [-0.1, -0.05) is 41.9 Å². The Labute approximate surface area is 143 Å². The van der Waals surface area contributed by atoms with Crippen LogP contribution >= 0.6 is 11.6 Å². The molecule has 0 saturated heterocycles. The zero-order valence-corrected chi connectivity index (χ0v) is 13.4. The fourth-order valence-corrected chi connectivity index (χ4v) is 2.42. The van der Waals surface area contributed by atoms with E-state index in [0.717, 1.165) is 11.3 Å². The summed E-state index contributed by atoms with van der Waals surface area (Å²) in [6, 6.07) is 12.6. The summed E-state index contributed by atoms with van der Waals surface area (Å²) in [7, 11) is 0. The second kappa shape index (κ2) is 7.23. The molecule has 1 aliphatic rings. The van der Waals surface area contributed by atoms with Gasteiger partial charge in [-0.15, -0.1) is 0 Å². The van der Waals surface area contributed by atoms with Crippen LogP contribution in [0.1, 0.15) is 22.5 Å². The minimum Gasteiger partial charge on any atom is -0.451 e. The van der Waals surface area contributed by atoms with E-state index in [2.05, 4.69) is 10.1 Å². The highest BCUT2D eigenvalue weighted by atomic mass is 35.5. The molecule has 0 saturated carbocycles. The van der Waals surface area contributed by atoms with Crippen LogP contribution in [0.25, 0.3) is 0 Å². The van der Waals surface area contributed by atoms with Crippen molar-refractivity contribution in [3.05, 3.63) is 64.9 Å². The van der Waals surface area contributed by atoms with Crippen LogP contribution in [0.4, 0.5) is 0 Å². The van der Waals surface area contributed by atoms with Crippen LogP contribution in [0.5, 0.6) is 0 Å². The molecular formula is C17H14ClN3O3. The van der Waals surface area contributed by atoms with Crippen LogP contribution in [-0.2, 0) is 9.53 Å². The Morgan fingerprint density at radius 2 is 2.00 bits per heavy atom. The van der Waals surface area contributed by atoms with Gasteiger partial charge in [0, 0.05) is 17.6 Å². The standard InChI is InChI=1S/C17H14ClN3O3/c18-13-6-8-19-15(10-13)17(23)24-11-16(22)21-9-7-14(20-21)12-4-2-1-3-5-12/h1-6,8,10H,7,9,11H2. The second-order valence-corrected chi connectivity index (χ2v) is 5.55. The van der Waals surface area contributed by atoms with Crippen LogP contribution in [0.3, 0.4) is 0 Å². The zero-order valence-electron chi connectivity index (χ0n) is 12.7. The summed E-state index contributed by atoms with van der Waals surface area (Å²) < 4.78 is 4.98. The second-order valence-electron chi connectivity index (χ2n) is 5.12. The zero-order chi connectivity index (χ0) is 16.9. The van der Waals surface area contributed by atoms with Gasteiger partial charge in [-0.25, -0.2) is 14.8 Å². The highest BCUT2D eigenvalue weighted by Crippen LogP contribution is 2.14. The first kappa shape index (κ1) is 16.1. The van der Waals surface area contributed by atoms with Crippen molar-refractivity contribution in [2.24, 2.45) is 5.10 Å². The van der Waals surface area contributed by atoms with E-state index in [9.17, 15) is 9.59 Å². The predicted octanol–water partition coefficient (Wildman–Crippen LogP) is 2.53. The molecular weight excluding hydrogens is 330 g/mol. The molecule has 2 heterocycles. The molecule has 0 aliphatic carbocycles. The number of amides is 1. The Kier molecular flexibility index (Phi) is 4.86. The van der Waals surface area contributed by atoms with Crippen LogP contribution in [0, 0.1) is 0 Å². The van der Waals surface area contributed by atoms with Gasteiger partial charge in [-0.2, -0.15) is 5.10 Å². The number of ether oxygens (including phenoxy) is 1. The molecule has 0 unspecified atom stereocenters. The normalized spacial score (nSPS) is 13.5. The van der Waals surface area contributed by atoms with Crippen molar-refractivity contribution >= 4 is 29.2 Å². The molecule has 24 heavy (non-hydrogen) atoms. The lowest BCUT2D eigenvalue weighted by atomic mass is 10.1. The summed E-state index contributed by atoms with van der Waals surface area (Å²) in [5.74, 6) is -1.08. The number of nitrogens with zero attached hydrogens (tertiary/aromatic N) is 3. The highest BCUT2D eigenvalue weighted by molar-refractivity contribution is 6.30. The van der Waals surface area contributed by atoms with Crippen molar-refractivity contribution in [1.82, 2.24) is 9.99 Å². The number of carbonyl (C=O) groups is 2. The maximum Gasteiger partial charge on any atom is 0.357 e. The molecule has 2 aromatic rings. The topological polar surface area (TPSA) is 71.9 Å². The fraction of sp³-hybridized carbons (Fsp3) is 0.176. The van der Waals surface area contributed by atoms with Gasteiger partial charge in [0.25, 0.3) is 5.91 Å². The number of hydrogen-bond acceptors (Lipinski definition) is 5. The highest BCUT2D eigenvalue weighted by Gasteiger charge is 2.23. The summed E-state index contributed by atoms with van der Waals surface area (Å²) in [5.41, 5.74) is 1.88. The first-order valence-electron chi connectivity index (χ1n) is 7.35. The molecule has 0 atom stereocenters. The third-order valence-electron chi connectivity index (χ3n) is 3.45. The first-order chi connectivity index (χ1) is 11.6. The Balaban J connectivity index is 1.58. The van der Waals surface area contributed by atoms with E-state index in [-0.39, 0.29) is 11.6 Å². The van der Waals surface area contributed by atoms with Gasteiger partial charge in [-0.3, -0.25) is 4.79 Å². The molecule has 0 N–H and O–H groups in total. The van der Waals surface area contributed by atoms with E-state index in [1.165, 1.54) is 17.3 Å². The molecule has 1 aliphatic heterocycles. The van der Waals surface area contributed by atoms with Gasteiger partial charge in [0.15, 0.2) is 6.61 Å². The van der Waals surface area contributed by atoms with Crippen LogP contribution in [-0.4, -0.2) is 40.7 Å². The van der Waals surface area contributed by atoms with Crippen molar-refractivity contribution in [3.63, 3.8) is 0 Å². The Morgan fingerprint density at radius 1 is 1.21 bits per heavy atom. The molecule has 3 rings (SSSR count). The summed E-state index contributed by atoms with van der Waals surface area (Å²) >= 11 is 5.79. The lowest BCUT2D eigenvalue weighted by Crippen LogP contribution is -2.29. The Bertz CT molecular complexity index is 793. The first-order valence-corrected chi connectivity index (χ1v) is 7.73. The van der Waals surface area contributed by atoms with Gasteiger partial charge in [-0.05, 0) is 17.7 Å². The monoisotopic (exact) mass is 343 g/mol. The number of esters is 1. The quantitative estimate of drug-likeness (QED) is 0.800. The molecule has 1 amide bonds. The average molecular weight is 344 g/mol. The Hall–Kier alpha value is -2.73. The van der Waals surface area contributed by atoms with E-state index >= 15 is 0 Å². The number of benzene rings is 1. The largest absolute Gasteiger partial charge is 0.451 e. The number of carbonyl (C=O) groups excluding carboxylic acids is 2. The third-order valence-corrected chi connectivity index (χ3v) is 3.69. The summed E-state index contributed by atoms with van der Waals surface area (Å²) in [5, 5.41) is 5.99. The van der Waals surface area contributed by atoms with Gasteiger partial charge < -0.3 is 4.74 Å². The van der Waals surface area contributed by atoms with Crippen molar-refractivity contribution < 1.29 is 14.3 Å². The maximum absolute atomic E-state index is 12.1. The maximum atomic E-state index is 12.1. The Morgan fingerprint density at radius 3 is 2.75 bits per heavy atom. The van der Waals surface area contributed by atoms with Crippen LogP contribution in [0.2, 0.25) is 5.02 Å². The summed E-state index contributed by atoms with van der Waals surface area (Å²) in [6.45, 7) is 0.0780. The molecule has 1 aromatic carbocycles. The van der Waals surface area contributed by atoms with E-state index in [0.29, 0.717) is 18.0 Å². The molecule has 122 valence electrons. The SMILES string of the molecule is O=C(OCC(=O)N1CCC(c2ccccc2)=N1)c1cc(Cl)ccn1. The lowest BCUT2D eigenvalue weighted by Gasteiger charge is -2.11. The predicted molar refractivity (Wildman–Crippen MR) is 88.8 cm³/mol. The number of pyridine rings is 1. The number of hydrogen-bond donors (Lipinski definition) is 0. The minimum atomic E-state index is -0.697. The molecule has 0 fully saturated rings. The smallest absolute Gasteiger partial charge is 0.357 e. The molecule has 0 spiro atoms. The lowest BCUT2D eigenvalue weighted by molar-refractivity contribution is -0.134. The minimum absolute atomic E-state index is 0.0604. The van der Waals surface area contributed by atoms with Gasteiger partial charge >= 0.3 is 5.97 Å². The van der Waals surface area contributed by atoms with Crippen molar-refractivity contribution in [3.8, 4) is 0 Å².